The van der Waals surface area contributed by atoms with Crippen molar-refractivity contribution in [3.63, 3.8) is 0 Å². The first kappa shape index (κ1) is 17.5. The molecule has 10 heteroatoms. The standard InChI is InChI=1S/C17H17F3N6O/c18-17(19,20)14-1-2-15(27)26(23-14)11-12-4-8-24(9-5-12)16-13-3-6-22-25(13)10-7-21-16/h1-3,6-7,10,12H,4-5,8-9,11H2. The highest BCUT2D eigenvalue weighted by Crippen LogP contribution is 2.27. The van der Waals surface area contributed by atoms with E-state index in [0.29, 0.717) is 13.1 Å². The van der Waals surface area contributed by atoms with Crippen LogP contribution in [0.25, 0.3) is 5.52 Å². The lowest BCUT2D eigenvalue weighted by Gasteiger charge is -2.33. The Hall–Kier alpha value is -2.91. The summed E-state index contributed by atoms with van der Waals surface area (Å²) in [6.07, 6.45) is 2.08. The molecule has 142 valence electrons. The maximum Gasteiger partial charge on any atom is 0.435 e. The second-order valence-electron chi connectivity index (χ2n) is 6.58. The number of hydrogen-bond donors (Lipinski definition) is 0. The number of piperidine rings is 1. The van der Waals surface area contributed by atoms with Gasteiger partial charge in [0.1, 0.15) is 5.52 Å². The van der Waals surface area contributed by atoms with Gasteiger partial charge in [-0.25, -0.2) is 14.2 Å². The van der Waals surface area contributed by atoms with E-state index in [-0.39, 0.29) is 12.5 Å². The molecule has 0 aromatic carbocycles. The van der Waals surface area contributed by atoms with Gasteiger partial charge in [0, 0.05) is 38.1 Å². The van der Waals surface area contributed by atoms with Crippen molar-refractivity contribution in [1.29, 1.82) is 0 Å². The van der Waals surface area contributed by atoms with Crippen LogP contribution >= 0.6 is 0 Å². The molecule has 0 spiro atoms. The zero-order chi connectivity index (χ0) is 19.0. The topological polar surface area (TPSA) is 68.3 Å². The minimum absolute atomic E-state index is 0.0829. The summed E-state index contributed by atoms with van der Waals surface area (Å²) >= 11 is 0. The maximum atomic E-state index is 12.8. The Bertz CT molecular complexity index is 1000. The Morgan fingerprint density at radius 3 is 2.63 bits per heavy atom. The molecule has 1 saturated heterocycles. The van der Waals surface area contributed by atoms with Crippen LogP contribution in [-0.4, -0.2) is 37.5 Å². The zero-order valence-corrected chi connectivity index (χ0v) is 14.3. The first-order valence-corrected chi connectivity index (χ1v) is 8.60. The van der Waals surface area contributed by atoms with Gasteiger partial charge in [-0.05, 0) is 30.9 Å². The van der Waals surface area contributed by atoms with Crippen molar-refractivity contribution < 1.29 is 13.2 Å². The van der Waals surface area contributed by atoms with E-state index in [4.69, 9.17) is 0 Å². The molecule has 0 bridgehead atoms. The number of fused-ring (bicyclic) bond motifs is 1. The Morgan fingerprint density at radius 2 is 1.89 bits per heavy atom. The molecule has 7 nitrogen and oxygen atoms in total. The van der Waals surface area contributed by atoms with Crippen LogP contribution in [-0.2, 0) is 12.7 Å². The number of rotatable bonds is 3. The summed E-state index contributed by atoms with van der Waals surface area (Å²) in [6.45, 7) is 1.59. The molecule has 3 aromatic rings. The van der Waals surface area contributed by atoms with Gasteiger partial charge in [-0.3, -0.25) is 4.79 Å². The highest BCUT2D eigenvalue weighted by molar-refractivity contribution is 5.68. The molecule has 0 saturated carbocycles. The average molecular weight is 378 g/mol. The molecule has 0 atom stereocenters. The van der Waals surface area contributed by atoms with Crippen molar-refractivity contribution in [2.75, 3.05) is 18.0 Å². The number of hydrogen-bond acceptors (Lipinski definition) is 5. The van der Waals surface area contributed by atoms with E-state index in [2.05, 4.69) is 20.1 Å². The van der Waals surface area contributed by atoms with Crippen molar-refractivity contribution in [1.82, 2.24) is 24.4 Å². The van der Waals surface area contributed by atoms with Crippen LogP contribution in [0.15, 0.2) is 41.6 Å². The Kier molecular flexibility index (Phi) is 4.33. The number of alkyl halides is 3. The second-order valence-corrected chi connectivity index (χ2v) is 6.58. The fourth-order valence-corrected chi connectivity index (χ4v) is 3.39. The molecule has 0 amide bonds. The largest absolute Gasteiger partial charge is 0.435 e. The van der Waals surface area contributed by atoms with Crippen molar-refractivity contribution in [2.45, 2.75) is 25.6 Å². The van der Waals surface area contributed by atoms with E-state index >= 15 is 0 Å². The Balaban J connectivity index is 1.46. The molecular weight excluding hydrogens is 361 g/mol. The van der Waals surface area contributed by atoms with Gasteiger partial charge in [-0.15, -0.1) is 0 Å². The molecule has 0 N–H and O–H groups in total. The fraction of sp³-hybridized carbons (Fsp3) is 0.412. The van der Waals surface area contributed by atoms with Crippen molar-refractivity contribution in [3.05, 3.63) is 52.8 Å². The second kappa shape index (κ2) is 6.67. The number of halogens is 3. The first-order valence-electron chi connectivity index (χ1n) is 8.60. The lowest BCUT2D eigenvalue weighted by molar-refractivity contribution is -0.142. The number of aromatic nitrogens is 5. The molecule has 0 unspecified atom stereocenters. The van der Waals surface area contributed by atoms with Crippen molar-refractivity contribution >= 4 is 11.3 Å². The van der Waals surface area contributed by atoms with Gasteiger partial charge in [-0.1, -0.05) is 0 Å². The van der Waals surface area contributed by atoms with Crippen LogP contribution in [0.3, 0.4) is 0 Å². The highest BCUT2D eigenvalue weighted by atomic mass is 19.4. The van der Waals surface area contributed by atoms with Crippen LogP contribution in [0.5, 0.6) is 0 Å². The predicted octanol–water partition coefficient (Wildman–Crippen LogP) is 2.22. The smallest absolute Gasteiger partial charge is 0.355 e. The Labute approximate surface area is 152 Å². The molecule has 0 aliphatic carbocycles. The molecule has 1 aliphatic heterocycles. The third-order valence-electron chi connectivity index (χ3n) is 4.81. The normalized spacial score (nSPS) is 16.2. The minimum atomic E-state index is -4.56. The highest BCUT2D eigenvalue weighted by Gasteiger charge is 2.33. The number of nitrogens with zero attached hydrogens (tertiary/aromatic N) is 6. The Morgan fingerprint density at radius 1 is 1.11 bits per heavy atom. The third-order valence-corrected chi connectivity index (χ3v) is 4.81. The van der Waals surface area contributed by atoms with Gasteiger partial charge in [0.2, 0.25) is 0 Å². The fourth-order valence-electron chi connectivity index (χ4n) is 3.39. The van der Waals surface area contributed by atoms with Crippen LogP contribution < -0.4 is 10.5 Å². The quantitative estimate of drug-likeness (QED) is 0.699. The lowest BCUT2D eigenvalue weighted by Crippen LogP contribution is -2.37. The van der Waals surface area contributed by atoms with Crippen LogP contribution in [0, 0.1) is 5.92 Å². The van der Waals surface area contributed by atoms with Gasteiger partial charge in [-0.2, -0.15) is 23.4 Å². The van der Waals surface area contributed by atoms with E-state index in [1.165, 1.54) is 0 Å². The number of anilines is 1. The molecule has 1 aliphatic rings. The summed E-state index contributed by atoms with van der Waals surface area (Å²) in [5.74, 6) is 0.919. The van der Waals surface area contributed by atoms with E-state index in [9.17, 15) is 18.0 Å². The van der Waals surface area contributed by atoms with Crippen molar-refractivity contribution in [2.24, 2.45) is 5.92 Å². The maximum absolute atomic E-state index is 12.8. The van der Waals surface area contributed by atoms with E-state index in [0.717, 1.165) is 41.0 Å². The van der Waals surface area contributed by atoms with E-state index in [1.807, 2.05) is 6.07 Å². The molecule has 4 rings (SSSR count). The van der Waals surface area contributed by atoms with Crippen molar-refractivity contribution in [3.8, 4) is 0 Å². The van der Waals surface area contributed by atoms with Gasteiger partial charge >= 0.3 is 6.18 Å². The molecule has 3 aromatic heterocycles. The average Bonchev–Trinajstić information content (AvgIpc) is 3.12. The van der Waals surface area contributed by atoms with Crippen LogP contribution in [0.4, 0.5) is 19.0 Å². The van der Waals surface area contributed by atoms with Gasteiger partial charge < -0.3 is 4.90 Å². The van der Waals surface area contributed by atoms with Gasteiger partial charge in [0.05, 0.1) is 6.20 Å². The summed E-state index contributed by atoms with van der Waals surface area (Å²) in [4.78, 5) is 18.4. The summed E-state index contributed by atoms with van der Waals surface area (Å²) in [7, 11) is 0. The van der Waals surface area contributed by atoms with E-state index in [1.54, 1.807) is 23.1 Å². The molecule has 4 heterocycles. The molecule has 1 fully saturated rings. The summed E-state index contributed by atoms with van der Waals surface area (Å²) < 4.78 is 41.1. The van der Waals surface area contributed by atoms with Gasteiger partial charge in [0.25, 0.3) is 5.56 Å². The lowest BCUT2D eigenvalue weighted by atomic mass is 9.97. The van der Waals surface area contributed by atoms with Crippen LogP contribution in [0.2, 0.25) is 0 Å². The predicted molar refractivity (Wildman–Crippen MR) is 91.4 cm³/mol. The van der Waals surface area contributed by atoms with E-state index < -0.39 is 17.4 Å². The zero-order valence-electron chi connectivity index (χ0n) is 14.3. The van der Waals surface area contributed by atoms with Crippen LogP contribution in [0.1, 0.15) is 18.5 Å². The molecular formula is C17H17F3N6O. The first-order chi connectivity index (χ1) is 12.9. The third kappa shape index (κ3) is 3.51. The minimum Gasteiger partial charge on any atom is -0.355 e. The summed E-state index contributed by atoms with van der Waals surface area (Å²) in [5.41, 5.74) is -0.654. The summed E-state index contributed by atoms with van der Waals surface area (Å²) in [6, 6.07) is 3.54. The van der Waals surface area contributed by atoms with Gasteiger partial charge in [0.15, 0.2) is 11.5 Å². The summed E-state index contributed by atoms with van der Waals surface area (Å²) in [5, 5.41) is 7.68. The molecule has 0 radical (unpaired) electrons. The molecule has 27 heavy (non-hydrogen) atoms. The monoisotopic (exact) mass is 378 g/mol. The SMILES string of the molecule is O=c1ccc(C(F)(F)F)nn1CC1CCN(c2nccn3nccc23)CC1.